The van der Waals surface area contributed by atoms with Crippen molar-refractivity contribution in [1.82, 2.24) is 0 Å². The topological polar surface area (TPSA) is 84.2 Å². The number of ether oxygens (including phenoxy) is 4. The lowest BCUT2D eigenvalue weighted by Gasteiger charge is -2.12. The van der Waals surface area contributed by atoms with Crippen molar-refractivity contribution in [3.8, 4) is 17.2 Å². The quantitative estimate of drug-likeness (QED) is 0.300. The van der Waals surface area contributed by atoms with Gasteiger partial charge in [-0.05, 0) is 36.8 Å². The molecule has 162 valence electrons. The van der Waals surface area contributed by atoms with Gasteiger partial charge in [-0.1, -0.05) is 11.6 Å². The molecule has 1 heterocycles. The lowest BCUT2D eigenvalue weighted by Crippen LogP contribution is -2.06. The Balaban J connectivity index is 1.80. The van der Waals surface area contributed by atoms with Crippen LogP contribution in [0.15, 0.2) is 45.6 Å². The molecule has 0 radical (unpaired) electrons. The first-order chi connectivity index (χ1) is 14.9. The number of halogens is 1. The molecule has 0 spiro atoms. The summed E-state index contributed by atoms with van der Waals surface area (Å²) >= 11 is 6.18. The van der Waals surface area contributed by atoms with Crippen LogP contribution in [0.4, 0.5) is 0 Å². The smallest absolute Gasteiger partial charge is 0.336 e. The molecule has 2 aromatic carbocycles. The summed E-state index contributed by atoms with van der Waals surface area (Å²) in [4.78, 5) is 24.1. The van der Waals surface area contributed by atoms with E-state index in [1.54, 1.807) is 30.3 Å². The maximum absolute atomic E-state index is 12.3. The highest BCUT2D eigenvalue weighted by atomic mass is 35.5. The highest BCUT2D eigenvalue weighted by Gasteiger charge is 2.12. The number of aryl methyl sites for hydroxylation is 1. The molecule has 0 unspecified atom stereocenters. The Morgan fingerprint density at radius 2 is 1.68 bits per heavy atom. The number of benzene rings is 2. The molecule has 0 atom stereocenters. The maximum atomic E-state index is 12.3. The average molecular weight is 445 g/mol. The van der Waals surface area contributed by atoms with Gasteiger partial charge in [-0.3, -0.25) is 0 Å². The van der Waals surface area contributed by atoms with Gasteiger partial charge in [0.25, 0.3) is 0 Å². The summed E-state index contributed by atoms with van der Waals surface area (Å²) in [6, 6.07) is 7.98. The van der Waals surface area contributed by atoms with Gasteiger partial charge in [0.1, 0.15) is 17.9 Å². The van der Waals surface area contributed by atoms with Gasteiger partial charge in [-0.2, -0.15) is 0 Å². The summed E-state index contributed by atoms with van der Waals surface area (Å²) in [6.07, 6.45) is 2.80. The monoisotopic (exact) mass is 444 g/mol. The first-order valence-electron chi connectivity index (χ1n) is 9.24. The van der Waals surface area contributed by atoms with E-state index in [0.29, 0.717) is 44.4 Å². The van der Waals surface area contributed by atoms with Gasteiger partial charge in [0, 0.05) is 39.7 Å². The molecule has 0 aliphatic carbocycles. The number of hydrogen-bond acceptors (Lipinski definition) is 7. The van der Waals surface area contributed by atoms with Gasteiger partial charge >= 0.3 is 11.6 Å². The van der Waals surface area contributed by atoms with E-state index in [0.717, 1.165) is 5.56 Å². The molecule has 0 aliphatic heterocycles. The SMILES string of the molecule is COc1cc(OC)c(OC)cc1/C=C/C(=O)OCc1cc(=O)oc2cc(C)c(Cl)cc12. The minimum Gasteiger partial charge on any atom is -0.496 e. The van der Waals surface area contributed by atoms with Crippen LogP contribution in [0.3, 0.4) is 0 Å². The molecular formula is C23H21ClO7. The molecule has 0 N–H and O–H groups in total. The van der Waals surface area contributed by atoms with Gasteiger partial charge in [-0.25, -0.2) is 9.59 Å². The standard InChI is InChI=1S/C23H21ClO7/c1-13-7-19-16(10-17(13)24)15(9-23(26)31-19)12-30-22(25)6-5-14-8-20(28-3)21(29-4)11-18(14)27-2/h5-11H,12H2,1-4H3/b6-5+. The molecule has 31 heavy (non-hydrogen) atoms. The second-order valence-corrected chi connectivity index (χ2v) is 6.99. The predicted molar refractivity (Wildman–Crippen MR) is 117 cm³/mol. The average Bonchev–Trinajstić information content (AvgIpc) is 2.76. The largest absolute Gasteiger partial charge is 0.496 e. The van der Waals surface area contributed by atoms with Crippen molar-refractivity contribution in [2.75, 3.05) is 21.3 Å². The molecule has 3 rings (SSSR count). The van der Waals surface area contributed by atoms with Crippen LogP contribution in [0, 0.1) is 6.92 Å². The number of fused-ring (bicyclic) bond motifs is 1. The third-order valence-electron chi connectivity index (χ3n) is 4.61. The van der Waals surface area contributed by atoms with Gasteiger partial charge in [0.2, 0.25) is 0 Å². The van der Waals surface area contributed by atoms with Crippen LogP contribution in [-0.2, 0) is 16.1 Å². The maximum Gasteiger partial charge on any atom is 0.336 e. The molecule has 1 aromatic heterocycles. The Morgan fingerprint density at radius 1 is 1.00 bits per heavy atom. The fraction of sp³-hybridized carbons (Fsp3) is 0.217. The summed E-state index contributed by atoms with van der Waals surface area (Å²) in [7, 11) is 4.54. The molecule has 0 aliphatic rings. The third-order valence-corrected chi connectivity index (χ3v) is 5.02. The van der Waals surface area contributed by atoms with E-state index in [1.807, 2.05) is 6.92 Å². The summed E-state index contributed by atoms with van der Waals surface area (Å²) in [5, 5.41) is 1.13. The van der Waals surface area contributed by atoms with Crippen molar-refractivity contribution in [3.05, 3.63) is 68.5 Å². The van der Waals surface area contributed by atoms with E-state index < -0.39 is 11.6 Å². The first-order valence-corrected chi connectivity index (χ1v) is 9.61. The Hall–Kier alpha value is -3.45. The third kappa shape index (κ3) is 5.00. The zero-order valence-electron chi connectivity index (χ0n) is 17.5. The van der Waals surface area contributed by atoms with Crippen LogP contribution in [0.5, 0.6) is 17.2 Å². The van der Waals surface area contributed by atoms with Crippen molar-refractivity contribution in [1.29, 1.82) is 0 Å². The van der Waals surface area contributed by atoms with Gasteiger partial charge in [0.15, 0.2) is 11.5 Å². The normalized spacial score (nSPS) is 11.0. The Bertz CT molecular complexity index is 1210. The van der Waals surface area contributed by atoms with E-state index >= 15 is 0 Å². The Morgan fingerprint density at radius 3 is 2.35 bits per heavy atom. The Labute approximate surface area is 183 Å². The molecule has 7 nitrogen and oxygen atoms in total. The molecular weight excluding hydrogens is 424 g/mol. The molecule has 8 heteroatoms. The number of rotatable bonds is 7. The summed E-state index contributed by atoms with van der Waals surface area (Å²) < 4.78 is 26.4. The number of hydrogen-bond donors (Lipinski definition) is 0. The zero-order chi connectivity index (χ0) is 22.5. The van der Waals surface area contributed by atoms with E-state index in [1.165, 1.54) is 33.5 Å². The summed E-state index contributed by atoms with van der Waals surface area (Å²) in [5.41, 5.74) is 1.72. The number of methoxy groups -OCH3 is 3. The second kappa shape index (κ2) is 9.57. The summed E-state index contributed by atoms with van der Waals surface area (Å²) in [6.45, 7) is 1.69. The molecule has 3 aromatic rings. The minimum absolute atomic E-state index is 0.117. The highest BCUT2D eigenvalue weighted by Crippen LogP contribution is 2.35. The molecule has 0 fully saturated rings. The van der Waals surface area contributed by atoms with Crippen molar-refractivity contribution in [3.63, 3.8) is 0 Å². The zero-order valence-corrected chi connectivity index (χ0v) is 18.2. The van der Waals surface area contributed by atoms with Crippen molar-refractivity contribution < 1.29 is 28.2 Å². The fourth-order valence-electron chi connectivity index (χ4n) is 3.01. The van der Waals surface area contributed by atoms with Crippen LogP contribution in [-0.4, -0.2) is 27.3 Å². The van der Waals surface area contributed by atoms with Crippen molar-refractivity contribution >= 4 is 34.6 Å². The Kier molecular flexibility index (Phi) is 6.87. The fourth-order valence-corrected chi connectivity index (χ4v) is 3.17. The van der Waals surface area contributed by atoms with Gasteiger partial charge in [-0.15, -0.1) is 0 Å². The molecule has 0 saturated heterocycles. The predicted octanol–water partition coefficient (Wildman–Crippen LogP) is 4.54. The van der Waals surface area contributed by atoms with Crippen molar-refractivity contribution in [2.45, 2.75) is 13.5 Å². The van der Waals surface area contributed by atoms with Crippen LogP contribution in [0.2, 0.25) is 5.02 Å². The van der Waals surface area contributed by atoms with E-state index in [2.05, 4.69) is 0 Å². The number of carbonyl (C=O) groups is 1. The molecule has 0 saturated carbocycles. The molecule has 0 amide bonds. The van der Waals surface area contributed by atoms with Gasteiger partial charge in [0.05, 0.1) is 21.3 Å². The van der Waals surface area contributed by atoms with E-state index in [4.69, 9.17) is 35.0 Å². The lowest BCUT2D eigenvalue weighted by atomic mass is 10.1. The van der Waals surface area contributed by atoms with Crippen molar-refractivity contribution in [2.24, 2.45) is 0 Å². The minimum atomic E-state index is -0.601. The van der Waals surface area contributed by atoms with E-state index in [-0.39, 0.29) is 6.61 Å². The van der Waals surface area contributed by atoms with Gasteiger partial charge < -0.3 is 23.4 Å². The molecule has 0 bridgehead atoms. The van der Waals surface area contributed by atoms with Crippen LogP contribution >= 0.6 is 11.6 Å². The number of esters is 1. The highest BCUT2D eigenvalue weighted by molar-refractivity contribution is 6.32. The van der Waals surface area contributed by atoms with Crippen LogP contribution in [0.1, 0.15) is 16.7 Å². The van der Waals surface area contributed by atoms with Crippen LogP contribution < -0.4 is 19.8 Å². The van der Waals surface area contributed by atoms with E-state index in [9.17, 15) is 9.59 Å². The first kappa shape index (κ1) is 22.2. The summed E-state index contributed by atoms with van der Waals surface area (Å²) in [5.74, 6) is 0.892. The lowest BCUT2D eigenvalue weighted by molar-refractivity contribution is -0.138. The number of carbonyl (C=O) groups excluding carboxylic acids is 1. The second-order valence-electron chi connectivity index (χ2n) is 6.58. The van der Waals surface area contributed by atoms with Crippen LogP contribution in [0.25, 0.3) is 17.0 Å².